The van der Waals surface area contributed by atoms with Crippen molar-refractivity contribution < 1.29 is 4.42 Å². The van der Waals surface area contributed by atoms with Gasteiger partial charge in [0.2, 0.25) is 0 Å². The van der Waals surface area contributed by atoms with Crippen LogP contribution in [0.15, 0.2) is 253 Å². The Bertz CT molecular complexity index is 3630. The van der Waals surface area contributed by atoms with Gasteiger partial charge in [0, 0.05) is 33.4 Å². The van der Waals surface area contributed by atoms with Crippen molar-refractivity contribution in [1.82, 2.24) is 0 Å². The maximum absolute atomic E-state index is 6.51. The lowest BCUT2D eigenvalue weighted by Crippen LogP contribution is -2.10. The van der Waals surface area contributed by atoms with Crippen LogP contribution in [0.2, 0.25) is 0 Å². The van der Waals surface area contributed by atoms with Gasteiger partial charge in [-0.3, -0.25) is 0 Å². The molecule has 1 heterocycles. The Morgan fingerprint density at radius 2 is 0.719 bits per heavy atom. The molecule has 0 radical (unpaired) electrons. The predicted octanol–water partition coefficient (Wildman–Crippen LogP) is 17.7. The largest absolute Gasteiger partial charge is 0.455 e. The van der Waals surface area contributed by atoms with Gasteiger partial charge in [-0.05, 0) is 120 Å². The van der Waals surface area contributed by atoms with Crippen molar-refractivity contribution in [2.75, 3.05) is 4.90 Å². The number of fused-ring (bicyclic) bond motifs is 6. The van der Waals surface area contributed by atoms with Crippen molar-refractivity contribution >= 4 is 60.5 Å². The molecule has 0 atom stereocenters. The summed E-state index contributed by atoms with van der Waals surface area (Å²) < 4.78 is 6.51. The minimum atomic E-state index is 0.897. The lowest BCUT2D eigenvalue weighted by Gasteiger charge is -2.26. The summed E-state index contributed by atoms with van der Waals surface area (Å²) in [4.78, 5) is 2.35. The van der Waals surface area contributed by atoms with Gasteiger partial charge in [0.05, 0.1) is 0 Å². The van der Waals surface area contributed by atoms with E-state index in [1.165, 1.54) is 60.5 Å². The summed E-state index contributed by atoms with van der Waals surface area (Å²) in [6.07, 6.45) is 0. The first-order chi connectivity index (χ1) is 31.7. The van der Waals surface area contributed by atoms with Crippen LogP contribution in [0.25, 0.3) is 99.1 Å². The summed E-state index contributed by atoms with van der Waals surface area (Å²) in [5, 5.41) is 7.25. The van der Waals surface area contributed by atoms with Crippen LogP contribution in [-0.4, -0.2) is 0 Å². The molecule has 0 amide bonds. The van der Waals surface area contributed by atoms with E-state index in [-0.39, 0.29) is 0 Å². The normalized spacial score (nSPS) is 11.4. The second-order valence-electron chi connectivity index (χ2n) is 16.4. The molecule has 64 heavy (non-hydrogen) atoms. The Morgan fingerprint density at radius 3 is 1.39 bits per heavy atom. The Morgan fingerprint density at radius 1 is 0.250 bits per heavy atom. The molecule has 11 aromatic carbocycles. The summed E-state index contributed by atoms with van der Waals surface area (Å²) in [6, 6.07) is 89.6. The van der Waals surface area contributed by atoms with E-state index in [4.69, 9.17) is 4.42 Å². The van der Waals surface area contributed by atoms with E-state index < -0.39 is 0 Å². The van der Waals surface area contributed by atoms with Crippen molar-refractivity contribution in [3.63, 3.8) is 0 Å². The van der Waals surface area contributed by atoms with Gasteiger partial charge in [0.15, 0.2) is 0 Å². The Hall–Kier alpha value is -8.46. The van der Waals surface area contributed by atoms with Gasteiger partial charge in [-0.2, -0.15) is 0 Å². The fraction of sp³-hybridized carbons (Fsp3) is 0. The van der Waals surface area contributed by atoms with E-state index in [1.54, 1.807) is 0 Å². The molecule has 1 aromatic heterocycles. The molecule has 0 saturated heterocycles. The van der Waals surface area contributed by atoms with Crippen molar-refractivity contribution in [2.45, 2.75) is 0 Å². The minimum Gasteiger partial charge on any atom is -0.455 e. The van der Waals surface area contributed by atoms with Gasteiger partial charge in [-0.25, -0.2) is 0 Å². The molecular formula is C62H41NO. The molecule has 300 valence electrons. The molecule has 0 aliphatic heterocycles. The average molecular weight is 816 g/mol. The first-order valence-corrected chi connectivity index (χ1v) is 21.9. The zero-order valence-corrected chi connectivity index (χ0v) is 35.0. The van der Waals surface area contributed by atoms with Crippen LogP contribution >= 0.6 is 0 Å². The molecule has 0 unspecified atom stereocenters. The maximum atomic E-state index is 6.51. The van der Waals surface area contributed by atoms with Crippen LogP contribution < -0.4 is 4.90 Å². The number of rotatable bonds is 8. The molecule has 12 aromatic rings. The second kappa shape index (κ2) is 15.8. The van der Waals surface area contributed by atoms with Crippen molar-refractivity contribution in [3.8, 4) is 55.6 Å². The zero-order chi connectivity index (χ0) is 42.4. The number of hydrogen-bond acceptors (Lipinski definition) is 2. The van der Waals surface area contributed by atoms with Crippen LogP contribution in [0, 0.1) is 0 Å². The lowest BCUT2D eigenvalue weighted by atomic mass is 9.84. The molecule has 0 fully saturated rings. The number of anilines is 3. The van der Waals surface area contributed by atoms with Crippen LogP contribution in [-0.2, 0) is 0 Å². The third-order valence-electron chi connectivity index (χ3n) is 12.7. The molecule has 0 bridgehead atoms. The van der Waals surface area contributed by atoms with E-state index in [1.807, 2.05) is 12.1 Å². The van der Waals surface area contributed by atoms with Crippen molar-refractivity contribution in [1.29, 1.82) is 0 Å². The second-order valence-corrected chi connectivity index (χ2v) is 16.4. The standard InChI is InChI=1S/C62H41NO/c1-4-16-42(17-5-1)43-30-35-49(36-31-43)63(51-23-14-22-48(40-51)52-27-15-28-57-55-25-12-13-29-59(55)64-62(52)57)50-37-32-44(33-38-50)47-34-39-54-53-24-10-11-26-56(53)60(45-18-6-2-7-19-45)61(58(54)41-47)46-20-8-3-9-21-46/h1-41H. The Balaban J connectivity index is 0.993. The van der Waals surface area contributed by atoms with Crippen LogP contribution in [0.1, 0.15) is 0 Å². The molecule has 0 spiro atoms. The molecule has 0 aliphatic carbocycles. The van der Waals surface area contributed by atoms with E-state index in [0.29, 0.717) is 0 Å². The summed E-state index contributed by atoms with van der Waals surface area (Å²) in [5.41, 5.74) is 16.8. The van der Waals surface area contributed by atoms with Gasteiger partial charge in [-0.15, -0.1) is 0 Å². The highest BCUT2D eigenvalue weighted by Crippen LogP contribution is 2.46. The molecule has 0 N–H and O–H groups in total. The molecule has 2 heteroatoms. The minimum absolute atomic E-state index is 0.897. The Labute approximate surface area is 372 Å². The smallest absolute Gasteiger partial charge is 0.143 e. The van der Waals surface area contributed by atoms with Crippen LogP contribution in [0.5, 0.6) is 0 Å². The number of nitrogens with zero attached hydrogens (tertiary/aromatic N) is 1. The lowest BCUT2D eigenvalue weighted by molar-refractivity contribution is 0.670. The zero-order valence-electron chi connectivity index (χ0n) is 35.0. The van der Waals surface area contributed by atoms with E-state index in [9.17, 15) is 0 Å². The quantitative estimate of drug-likeness (QED) is 0.142. The molecular weight excluding hydrogens is 775 g/mol. The number of furan rings is 1. The molecule has 0 saturated carbocycles. The summed E-state index contributed by atoms with van der Waals surface area (Å²) >= 11 is 0. The van der Waals surface area contributed by atoms with E-state index in [2.05, 4.69) is 241 Å². The predicted molar refractivity (Wildman–Crippen MR) is 271 cm³/mol. The van der Waals surface area contributed by atoms with Gasteiger partial charge in [0.25, 0.3) is 0 Å². The Kier molecular flexibility index (Phi) is 9.20. The highest BCUT2D eigenvalue weighted by molar-refractivity contribution is 6.22. The fourth-order valence-corrected chi connectivity index (χ4v) is 9.65. The summed E-state index contributed by atoms with van der Waals surface area (Å²) in [6.45, 7) is 0. The van der Waals surface area contributed by atoms with Gasteiger partial charge >= 0.3 is 0 Å². The topological polar surface area (TPSA) is 16.4 Å². The molecule has 0 aliphatic rings. The van der Waals surface area contributed by atoms with Gasteiger partial charge in [-0.1, -0.05) is 200 Å². The third kappa shape index (κ3) is 6.52. The van der Waals surface area contributed by atoms with E-state index in [0.717, 1.165) is 55.7 Å². The molecule has 12 rings (SSSR count). The van der Waals surface area contributed by atoms with Crippen molar-refractivity contribution in [3.05, 3.63) is 249 Å². The first-order valence-electron chi connectivity index (χ1n) is 21.9. The molecule has 2 nitrogen and oxygen atoms in total. The summed E-state index contributed by atoms with van der Waals surface area (Å²) in [5.74, 6) is 0. The fourth-order valence-electron chi connectivity index (χ4n) is 9.65. The number of para-hydroxylation sites is 2. The van der Waals surface area contributed by atoms with Gasteiger partial charge < -0.3 is 9.32 Å². The monoisotopic (exact) mass is 815 g/mol. The number of benzene rings is 11. The maximum Gasteiger partial charge on any atom is 0.143 e. The number of hydrogen-bond donors (Lipinski definition) is 0. The van der Waals surface area contributed by atoms with Crippen LogP contribution in [0.3, 0.4) is 0 Å². The highest BCUT2D eigenvalue weighted by atomic mass is 16.3. The highest BCUT2D eigenvalue weighted by Gasteiger charge is 2.20. The van der Waals surface area contributed by atoms with Crippen LogP contribution in [0.4, 0.5) is 17.1 Å². The average Bonchev–Trinajstić information content (AvgIpc) is 3.76. The first kappa shape index (κ1) is 37.3. The third-order valence-corrected chi connectivity index (χ3v) is 12.7. The SMILES string of the molecule is c1ccc(-c2ccc(N(c3ccc(-c4ccc5c(c4)c(-c4ccccc4)c(-c4ccccc4)c4ccccc45)cc3)c3cccc(-c4cccc5c4oc4ccccc45)c3)cc2)cc1. The van der Waals surface area contributed by atoms with E-state index >= 15 is 0 Å². The van der Waals surface area contributed by atoms with Crippen molar-refractivity contribution in [2.24, 2.45) is 0 Å². The van der Waals surface area contributed by atoms with Gasteiger partial charge in [0.1, 0.15) is 11.2 Å². The summed E-state index contributed by atoms with van der Waals surface area (Å²) in [7, 11) is 0.